The Labute approximate surface area is 286 Å². The van der Waals surface area contributed by atoms with Crippen molar-refractivity contribution in [2.45, 2.75) is 56.5 Å². The van der Waals surface area contributed by atoms with E-state index >= 15 is 0 Å². The van der Waals surface area contributed by atoms with Crippen LogP contribution < -0.4 is 25.2 Å². The molecule has 1 heterocycles. The van der Waals surface area contributed by atoms with Gasteiger partial charge in [-0.3, -0.25) is 19.3 Å². The summed E-state index contributed by atoms with van der Waals surface area (Å²) in [6, 6.07) is 26.2. The molecule has 3 N–H and O–H groups in total. The number of anilines is 3. The Morgan fingerprint density at radius 3 is 2.16 bits per heavy atom. The van der Waals surface area contributed by atoms with E-state index < -0.39 is 45.4 Å². The lowest BCUT2D eigenvalue weighted by atomic mass is 9.85. The van der Waals surface area contributed by atoms with Gasteiger partial charge in [-0.25, -0.2) is 17.5 Å². The Bertz CT molecular complexity index is 1980. The molecule has 254 valence electrons. The van der Waals surface area contributed by atoms with Crippen LogP contribution >= 0.6 is 0 Å². The van der Waals surface area contributed by atoms with E-state index in [1.165, 1.54) is 53.4 Å². The number of carbonyl (C=O) groups is 4. The molecule has 2 unspecified atom stereocenters. The molecule has 0 saturated heterocycles. The predicted molar refractivity (Wildman–Crippen MR) is 189 cm³/mol. The van der Waals surface area contributed by atoms with Crippen LogP contribution in [0.25, 0.3) is 0 Å². The number of amides is 5. The van der Waals surface area contributed by atoms with Crippen molar-refractivity contribution in [3.8, 4) is 0 Å². The molecule has 0 spiro atoms. The SMILES string of the molecule is Cc1ccc2c(c1)N(CC(=O)NC(C)(C)C)C(=O)C(N(C(N)=O)c1cccc(N(C=O)S(=O)(=O)c3ccccc3)c1)CC2c1ccccc1. The lowest BCUT2D eigenvalue weighted by molar-refractivity contribution is -0.125. The number of nitrogens with one attached hydrogen (secondary N) is 1. The molecule has 0 radical (unpaired) electrons. The Morgan fingerprint density at radius 1 is 0.918 bits per heavy atom. The molecule has 1 aliphatic heterocycles. The number of nitrogens with zero attached hydrogens (tertiary/aromatic N) is 3. The van der Waals surface area contributed by atoms with Crippen molar-refractivity contribution in [3.63, 3.8) is 0 Å². The molecular weight excluding hydrogens is 643 g/mol. The first-order valence-electron chi connectivity index (χ1n) is 15.7. The summed E-state index contributed by atoms with van der Waals surface area (Å²) in [7, 11) is -4.32. The first-order chi connectivity index (χ1) is 23.2. The fourth-order valence-corrected chi connectivity index (χ4v) is 7.35. The van der Waals surface area contributed by atoms with Crippen LogP contribution in [0.3, 0.4) is 0 Å². The largest absolute Gasteiger partial charge is 0.351 e. The molecule has 4 aromatic rings. The Balaban J connectivity index is 1.65. The highest BCUT2D eigenvalue weighted by Crippen LogP contribution is 2.42. The molecule has 1 aliphatic rings. The number of hydrogen-bond acceptors (Lipinski definition) is 6. The molecular formula is C37H39N5O6S. The van der Waals surface area contributed by atoms with Gasteiger partial charge in [0.25, 0.3) is 15.9 Å². The number of primary amides is 1. The zero-order valence-corrected chi connectivity index (χ0v) is 28.6. The Hall–Kier alpha value is -5.49. The van der Waals surface area contributed by atoms with Crippen molar-refractivity contribution in [2.24, 2.45) is 5.73 Å². The first kappa shape index (κ1) is 34.8. The highest BCUT2D eigenvalue weighted by atomic mass is 32.2. The Morgan fingerprint density at radius 2 is 1.55 bits per heavy atom. The average Bonchev–Trinajstić information content (AvgIpc) is 3.16. The van der Waals surface area contributed by atoms with E-state index in [-0.39, 0.29) is 35.6 Å². The fraction of sp³-hybridized carbons (Fsp3) is 0.243. The van der Waals surface area contributed by atoms with Gasteiger partial charge in [0.15, 0.2) is 0 Å². The number of benzene rings is 4. The second-order valence-electron chi connectivity index (χ2n) is 12.9. The average molecular weight is 682 g/mol. The summed E-state index contributed by atoms with van der Waals surface area (Å²) in [4.78, 5) is 56.2. The number of hydrogen-bond donors (Lipinski definition) is 2. The van der Waals surface area contributed by atoms with Crippen molar-refractivity contribution in [1.29, 1.82) is 0 Å². The van der Waals surface area contributed by atoms with E-state index in [9.17, 15) is 27.6 Å². The van der Waals surface area contributed by atoms with Crippen LogP contribution in [0.1, 0.15) is 49.8 Å². The van der Waals surface area contributed by atoms with E-state index in [0.29, 0.717) is 9.99 Å². The van der Waals surface area contributed by atoms with Gasteiger partial charge in [0.2, 0.25) is 12.3 Å². The number of urea groups is 1. The lowest BCUT2D eigenvalue weighted by Gasteiger charge is -2.33. The minimum absolute atomic E-state index is 0.0661. The quantitative estimate of drug-likeness (QED) is 0.235. The molecule has 0 saturated carbocycles. The van der Waals surface area contributed by atoms with Crippen LogP contribution in [0.2, 0.25) is 0 Å². The summed E-state index contributed by atoms with van der Waals surface area (Å²) in [5, 5.41) is 2.91. The van der Waals surface area contributed by atoms with Crippen LogP contribution in [0.15, 0.2) is 108 Å². The van der Waals surface area contributed by atoms with E-state index in [2.05, 4.69) is 5.32 Å². The zero-order valence-electron chi connectivity index (χ0n) is 27.7. The highest BCUT2D eigenvalue weighted by Gasteiger charge is 2.42. The molecule has 2 atom stereocenters. The molecule has 5 rings (SSSR count). The van der Waals surface area contributed by atoms with Crippen molar-refractivity contribution >= 4 is 51.3 Å². The lowest BCUT2D eigenvalue weighted by Crippen LogP contribution is -2.55. The summed E-state index contributed by atoms with van der Waals surface area (Å²) in [5.74, 6) is -1.36. The fourth-order valence-electron chi connectivity index (χ4n) is 6.12. The minimum Gasteiger partial charge on any atom is -0.351 e. The third-order valence-electron chi connectivity index (χ3n) is 8.19. The van der Waals surface area contributed by atoms with Crippen LogP contribution in [0.4, 0.5) is 21.9 Å². The van der Waals surface area contributed by atoms with Crippen LogP contribution in [-0.4, -0.2) is 50.8 Å². The second kappa shape index (κ2) is 13.9. The molecule has 11 nitrogen and oxygen atoms in total. The highest BCUT2D eigenvalue weighted by molar-refractivity contribution is 7.93. The van der Waals surface area contributed by atoms with Crippen LogP contribution in [0, 0.1) is 6.92 Å². The smallest absolute Gasteiger partial charge is 0.320 e. The number of nitrogens with two attached hydrogens (primary N) is 1. The standard InChI is InChI=1S/C37H39N5O6S/c1-25-18-19-30-31(26-12-7-5-8-13-26)22-33(35(45)40(32(30)20-25)23-34(44)39-37(2,3)4)42(36(38)46)28-15-11-14-27(21-28)41(24-43)49(47,48)29-16-9-6-10-17-29/h5-21,24,31,33H,22-23H2,1-4H3,(H2,38,46)(H,39,44). The van der Waals surface area contributed by atoms with Gasteiger partial charge in [-0.1, -0.05) is 66.7 Å². The molecule has 0 fully saturated rings. The zero-order chi connectivity index (χ0) is 35.5. The van der Waals surface area contributed by atoms with Gasteiger partial charge in [0, 0.05) is 22.8 Å². The van der Waals surface area contributed by atoms with E-state index in [1.807, 2.05) is 76.2 Å². The maximum Gasteiger partial charge on any atom is 0.320 e. The van der Waals surface area contributed by atoms with E-state index in [1.54, 1.807) is 6.07 Å². The summed E-state index contributed by atoms with van der Waals surface area (Å²) >= 11 is 0. The third-order valence-corrected chi connectivity index (χ3v) is 9.87. The Kier molecular flexibility index (Phi) is 9.90. The maximum absolute atomic E-state index is 14.8. The molecule has 5 amide bonds. The first-order valence-corrected chi connectivity index (χ1v) is 17.2. The van der Waals surface area contributed by atoms with Crippen molar-refractivity contribution in [3.05, 3.63) is 120 Å². The van der Waals surface area contributed by atoms with Gasteiger partial charge in [-0.2, -0.15) is 0 Å². The molecule has 0 aliphatic carbocycles. The summed E-state index contributed by atoms with van der Waals surface area (Å²) in [6.45, 7) is 7.07. The molecule has 0 aromatic heterocycles. The number of rotatable bonds is 9. The van der Waals surface area contributed by atoms with Crippen LogP contribution in [0.5, 0.6) is 0 Å². The number of aryl methyl sites for hydroxylation is 1. The van der Waals surface area contributed by atoms with Gasteiger partial charge >= 0.3 is 6.03 Å². The van der Waals surface area contributed by atoms with Crippen LogP contribution in [-0.2, 0) is 24.4 Å². The van der Waals surface area contributed by atoms with Gasteiger partial charge in [-0.15, -0.1) is 0 Å². The second-order valence-corrected chi connectivity index (χ2v) is 14.8. The van der Waals surface area contributed by atoms with Gasteiger partial charge in [0.05, 0.1) is 10.6 Å². The minimum atomic E-state index is -4.32. The van der Waals surface area contributed by atoms with Gasteiger partial charge in [-0.05, 0) is 87.2 Å². The number of sulfonamides is 1. The van der Waals surface area contributed by atoms with Crippen molar-refractivity contribution < 1.29 is 27.6 Å². The van der Waals surface area contributed by atoms with Gasteiger partial charge < -0.3 is 16.0 Å². The number of carbonyl (C=O) groups excluding carboxylic acids is 4. The van der Waals surface area contributed by atoms with Crippen molar-refractivity contribution in [2.75, 3.05) is 20.6 Å². The normalized spacial score (nSPS) is 16.2. The summed E-state index contributed by atoms with van der Waals surface area (Å²) < 4.78 is 27.5. The number of fused-ring (bicyclic) bond motifs is 1. The van der Waals surface area contributed by atoms with E-state index in [4.69, 9.17) is 5.73 Å². The molecule has 12 heteroatoms. The summed E-state index contributed by atoms with van der Waals surface area (Å²) in [6.07, 6.45) is 0.260. The molecule has 49 heavy (non-hydrogen) atoms. The summed E-state index contributed by atoms with van der Waals surface area (Å²) in [5.41, 5.74) is 8.55. The monoisotopic (exact) mass is 681 g/mol. The third kappa shape index (κ3) is 7.49. The predicted octanol–water partition coefficient (Wildman–Crippen LogP) is 5.08. The maximum atomic E-state index is 14.8. The van der Waals surface area contributed by atoms with Gasteiger partial charge in [0.1, 0.15) is 12.6 Å². The van der Waals surface area contributed by atoms with E-state index in [0.717, 1.165) is 21.6 Å². The molecule has 4 aromatic carbocycles. The molecule has 0 bridgehead atoms. The topological polar surface area (TPSA) is 150 Å². The van der Waals surface area contributed by atoms with Crippen molar-refractivity contribution in [1.82, 2.24) is 5.32 Å².